The van der Waals surface area contributed by atoms with E-state index in [0.29, 0.717) is 0 Å². The number of hydrogen-bond donors (Lipinski definition) is 16. The fraction of sp³-hybridized carbons (Fsp3) is 0.449. The van der Waals surface area contributed by atoms with E-state index in [1.165, 1.54) is 76.3 Å². The molecule has 0 aliphatic carbocycles. The number of nitrogens with one attached hydrogen (secondary N) is 5. The van der Waals surface area contributed by atoms with Crippen LogP contribution in [0.25, 0.3) is 11.1 Å². The van der Waals surface area contributed by atoms with Crippen molar-refractivity contribution in [3.8, 4) is 51.4 Å². The zero-order valence-electron chi connectivity index (χ0n) is 55.3. The SMILES string of the molecule is CN[C@H](CC(C)C)C(=O)C[C@H]1C(=O)N[C@@H](CC(N)=O)C(=O)N[C@H]2C(=O)N[C@H]3C(=O)C[C@H](C(=O)N[C@H](C(=O)O)c4cc(O)cc(C)c4-c4cc3ccc4O)[C@H](O)c3ccc(c(Cl)c3)Oc3cc2cc(c3O[C@@H]2O[C@H](CO)[C@@H](O)[C@H](O)[C@H]2OC2C[C@](C)(N)[C@H](O)[C@H](C)O2)Oc2ccc(cc2Cl)[C@H]1O. The number of carboxylic acids is 1. The number of ether oxygens (including phenoxy) is 6. The summed E-state index contributed by atoms with van der Waals surface area (Å²) in [5.41, 5.74) is 9.68. The number of benzene rings is 5. The molecule has 18 atom stereocenters. The predicted octanol–water partition coefficient (Wildman–Crippen LogP) is 2.89. The maximum atomic E-state index is 16.1. The number of aryl methyl sites for hydroxylation is 1. The molecule has 5 aromatic rings. The number of carbonyl (C=O) groups is 8. The fourth-order valence-electron chi connectivity index (χ4n) is 13.3. The van der Waals surface area contributed by atoms with Gasteiger partial charge in [0.2, 0.25) is 41.6 Å². The third-order valence-electron chi connectivity index (χ3n) is 18.6. The first-order valence-electron chi connectivity index (χ1n) is 32.3. The summed E-state index contributed by atoms with van der Waals surface area (Å²) in [6, 6.07) is 5.96. The van der Waals surface area contributed by atoms with Gasteiger partial charge in [0, 0.05) is 30.4 Å². The lowest BCUT2D eigenvalue weighted by molar-refractivity contribution is -0.333. The summed E-state index contributed by atoms with van der Waals surface area (Å²) in [6.45, 7) is 7.24. The van der Waals surface area contributed by atoms with Crippen LogP contribution in [0, 0.1) is 24.7 Å². The Bertz CT molecular complexity index is 4070. The molecule has 2 fully saturated rings. The van der Waals surface area contributed by atoms with Gasteiger partial charge < -0.3 is 112 Å². The number of carboxylic acid groups (broad SMARTS) is 1. The molecule has 1 unspecified atom stereocenters. The number of hydrogen-bond acceptors (Lipinski definition) is 24. The Morgan fingerprint density at radius 1 is 0.743 bits per heavy atom. The molecule has 0 saturated carbocycles. The van der Waals surface area contributed by atoms with E-state index in [1.807, 2.05) is 13.8 Å². The molecule has 101 heavy (non-hydrogen) atoms. The number of aromatic hydroxyl groups is 2. The number of carbonyl (C=O) groups excluding carboxylic acids is 7. The number of amides is 5. The van der Waals surface area contributed by atoms with E-state index in [1.54, 1.807) is 0 Å². The molecular weight excluding hydrogens is 1370 g/mol. The number of nitrogens with two attached hydrogens (primary N) is 2. The van der Waals surface area contributed by atoms with Gasteiger partial charge in [0.1, 0.15) is 59.4 Å². The Balaban J connectivity index is 1.24. The number of aliphatic hydroxyl groups excluding tert-OH is 6. The summed E-state index contributed by atoms with van der Waals surface area (Å²) >= 11 is 14.2. The Kier molecular flexibility index (Phi) is 22.7. The number of fused-ring (bicyclic) bond motifs is 15. The van der Waals surface area contributed by atoms with E-state index in [0.717, 1.165) is 30.3 Å². The molecule has 542 valence electrons. The number of rotatable bonds is 14. The van der Waals surface area contributed by atoms with Crippen molar-refractivity contribution >= 4 is 70.3 Å². The smallest absolute Gasteiger partial charge is 0.330 e. The Labute approximate surface area is 587 Å². The molecule has 18 N–H and O–H groups in total. The monoisotopic (exact) mass is 1440 g/mol. The zero-order chi connectivity index (χ0) is 73.5. The van der Waals surface area contributed by atoms with Crippen molar-refractivity contribution in [2.45, 2.75) is 164 Å². The molecule has 0 aromatic heterocycles. The largest absolute Gasteiger partial charge is 0.508 e. The Morgan fingerprint density at radius 2 is 1.37 bits per heavy atom. The normalized spacial score (nSPS) is 29.6. The summed E-state index contributed by atoms with van der Waals surface area (Å²) in [5.74, 6) is -16.8. The van der Waals surface area contributed by atoms with E-state index >= 15 is 14.4 Å². The number of likely N-dealkylation sites (N-methyl/N-ethyl adjacent to an activating group) is 1. The topological polar surface area (TPSA) is 486 Å². The van der Waals surface area contributed by atoms with Crippen molar-refractivity contribution in [1.29, 1.82) is 0 Å². The van der Waals surface area contributed by atoms with Crippen LogP contribution in [0.5, 0.6) is 40.2 Å². The molecule has 0 spiro atoms. The van der Waals surface area contributed by atoms with Gasteiger partial charge >= 0.3 is 5.97 Å². The van der Waals surface area contributed by atoms with Crippen molar-refractivity contribution in [3.05, 3.63) is 122 Å². The highest BCUT2D eigenvalue weighted by molar-refractivity contribution is 6.32. The average Bonchev–Trinajstić information content (AvgIpc) is 0.775. The number of ketones is 2. The van der Waals surface area contributed by atoms with E-state index in [2.05, 4.69) is 26.6 Å². The first-order chi connectivity index (χ1) is 47.7. The van der Waals surface area contributed by atoms with E-state index in [9.17, 15) is 69.9 Å². The minimum atomic E-state index is -2.26. The van der Waals surface area contributed by atoms with Crippen LogP contribution < -0.4 is 52.3 Å². The predicted molar refractivity (Wildman–Crippen MR) is 355 cm³/mol. The molecule has 7 aliphatic rings. The van der Waals surface area contributed by atoms with Crippen LogP contribution in [0.15, 0.2) is 78.9 Å². The van der Waals surface area contributed by atoms with E-state index in [4.69, 9.17) is 63.1 Å². The van der Waals surface area contributed by atoms with Gasteiger partial charge in [-0.3, -0.25) is 33.6 Å². The molecule has 5 aromatic carbocycles. The number of halogens is 2. The third kappa shape index (κ3) is 16.0. The third-order valence-corrected chi connectivity index (χ3v) is 19.2. The first kappa shape index (κ1) is 75.1. The van der Waals surface area contributed by atoms with E-state index < -0.39 is 216 Å². The van der Waals surface area contributed by atoms with Crippen LogP contribution in [-0.2, 0) is 52.6 Å². The van der Waals surface area contributed by atoms with Gasteiger partial charge in [-0.05, 0) is 140 Å². The van der Waals surface area contributed by atoms with Crippen LogP contribution in [0.4, 0.5) is 0 Å². The molecule has 7 aliphatic heterocycles. The van der Waals surface area contributed by atoms with Crippen LogP contribution >= 0.6 is 23.2 Å². The van der Waals surface area contributed by atoms with Gasteiger partial charge in [-0.15, -0.1) is 0 Å². The van der Waals surface area contributed by atoms with Gasteiger partial charge in [-0.1, -0.05) is 55.2 Å². The second-order valence-corrected chi connectivity index (χ2v) is 27.4. The van der Waals surface area contributed by atoms with Gasteiger partial charge in [0.05, 0.1) is 65.4 Å². The molecule has 11 bridgehead atoms. The minimum absolute atomic E-state index is 0.0450. The number of Topliss-reactive ketones (excluding diaryl/α,β-unsaturated/α-hetero) is 2. The molecule has 12 rings (SSSR count). The number of aliphatic hydroxyl groups is 6. The van der Waals surface area contributed by atoms with Crippen LogP contribution in [0.1, 0.15) is 124 Å². The fourth-order valence-corrected chi connectivity index (χ4v) is 13.7. The van der Waals surface area contributed by atoms with Gasteiger partial charge in [0.25, 0.3) is 0 Å². The van der Waals surface area contributed by atoms with Crippen molar-refractivity contribution in [3.63, 3.8) is 0 Å². The second kappa shape index (κ2) is 30.5. The maximum Gasteiger partial charge on any atom is 0.330 e. The second-order valence-electron chi connectivity index (χ2n) is 26.6. The average molecular weight is 1450 g/mol. The van der Waals surface area contributed by atoms with Crippen molar-refractivity contribution in [2.75, 3.05) is 13.7 Å². The molecule has 5 amide bonds. The lowest BCUT2D eigenvalue weighted by atomic mass is 9.84. The first-order valence-corrected chi connectivity index (χ1v) is 33.1. The lowest BCUT2D eigenvalue weighted by Gasteiger charge is -2.47. The highest BCUT2D eigenvalue weighted by atomic mass is 35.5. The Hall–Kier alpha value is -8.60. The van der Waals surface area contributed by atoms with Gasteiger partial charge in [-0.25, -0.2) is 4.79 Å². The van der Waals surface area contributed by atoms with Crippen molar-refractivity contribution in [2.24, 2.45) is 29.2 Å². The van der Waals surface area contributed by atoms with Crippen LogP contribution in [0.3, 0.4) is 0 Å². The number of primary amides is 1. The summed E-state index contributed by atoms with van der Waals surface area (Å²) in [6.07, 6.45) is -19.6. The number of aliphatic carboxylic acids is 1. The van der Waals surface area contributed by atoms with Crippen LogP contribution in [-0.4, -0.2) is 174 Å². The van der Waals surface area contributed by atoms with E-state index in [-0.39, 0.29) is 79.2 Å². The molecule has 2 saturated heterocycles. The Morgan fingerprint density at radius 3 is 1.95 bits per heavy atom. The molecule has 7 heterocycles. The summed E-state index contributed by atoms with van der Waals surface area (Å²) in [5, 5.41) is 115. The lowest BCUT2D eigenvalue weighted by Crippen LogP contribution is -2.64. The highest BCUT2D eigenvalue weighted by Gasteiger charge is 2.51. The van der Waals surface area contributed by atoms with Crippen molar-refractivity contribution < 1.29 is 113 Å². The van der Waals surface area contributed by atoms with Crippen molar-refractivity contribution in [1.82, 2.24) is 26.6 Å². The summed E-state index contributed by atoms with van der Waals surface area (Å²) in [7, 11) is 1.52. The standard InChI is InChI=1S/C69H79Cl2N7O23/c1-26(2)13-40(74-6)43(82)21-36-56(85)30-8-11-45(38(70)16-30)97-47-18-32-19-48(60(47)101-68-61(59(88)58(87)49(25-79)99-68)100-51-24-69(5,73)62(89)28(4)96-51)98-46-12-9-31(17-39(46)71)57(86)37-22-44(83)53(76-66(93)54(32)77-65(92)41(23-50(72)84)75-63(36)90)29-7-10-42(81)34(15-29)52-27(3)14-33(80)20-35(52)55(67(94)95)78-64(37)91/h7-12,14-20,26,28,36-37,40-41,49,51,53-59,61-62,68,74,79-81,85-89H,13,21-25,73H2,1-6H3,(H2,72,84)(H,75,90)(H,76,93)(H,77,92)(H,78,91)(H,94,95)/t28-,36+,37-,40+,41-,49+,51?,53+,54+,55-,56+,57+,58+,59-,61+,62+,68-,69-/m0/s1. The zero-order valence-corrected chi connectivity index (χ0v) is 56.8. The van der Waals surface area contributed by atoms with Crippen LogP contribution in [0.2, 0.25) is 10.0 Å². The quantitative estimate of drug-likeness (QED) is 0.0760. The molecular formula is C69H79Cl2N7O23. The van der Waals surface area contributed by atoms with Gasteiger partial charge in [0.15, 0.2) is 41.5 Å². The summed E-state index contributed by atoms with van der Waals surface area (Å²) in [4.78, 5) is 118. The van der Waals surface area contributed by atoms with Gasteiger partial charge in [-0.2, -0.15) is 0 Å². The molecule has 30 nitrogen and oxygen atoms in total. The maximum absolute atomic E-state index is 16.1. The number of phenolic OH excluding ortho intramolecular Hbond substituents is 2. The minimum Gasteiger partial charge on any atom is -0.508 e. The number of phenols is 2. The summed E-state index contributed by atoms with van der Waals surface area (Å²) < 4.78 is 38.5. The molecule has 32 heteroatoms. The highest BCUT2D eigenvalue weighted by Crippen LogP contribution is 2.50. The molecule has 0 radical (unpaired) electrons.